The quantitative estimate of drug-likeness (QED) is 0.397. The molecule has 9 heteroatoms. The number of carbonyl (C=O) groups excluding carboxylic acids is 3. The summed E-state index contributed by atoms with van der Waals surface area (Å²) in [5, 5.41) is 0. The summed E-state index contributed by atoms with van der Waals surface area (Å²) < 4.78 is 11.2. The van der Waals surface area contributed by atoms with Crippen LogP contribution in [-0.2, 0) is 23.9 Å². The molecule has 1 aliphatic rings. The Labute approximate surface area is 187 Å². The first-order valence-electron chi connectivity index (χ1n) is 11.4. The fourth-order valence-corrected chi connectivity index (χ4v) is 3.62. The zero-order valence-corrected chi connectivity index (χ0v) is 20.0. The van der Waals surface area contributed by atoms with Crippen molar-refractivity contribution < 1.29 is 23.9 Å². The van der Waals surface area contributed by atoms with E-state index in [2.05, 4.69) is 4.90 Å². The standard InChI is InChI=1S/C22H42N4O5/c1-6-8-20(27)24(4)19(16-31-12-7-9-26-10-13-30-14-11-26)22(29)25(5)18(21(23)28)15-17(2)3/h17-19H,6-16H2,1-5H3,(H2,23,28)/t18-,19+/m0/s1. The second-order valence-corrected chi connectivity index (χ2v) is 8.65. The van der Waals surface area contributed by atoms with Crippen molar-refractivity contribution in [2.45, 2.75) is 58.5 Å². The van der Waals surface area contributed by atoms with Gasteiger partial charge in [-0.2, -0.15) is 0 Å². The maximum atomic E-state index is 13.3. The van der Waals surface area contributed by atoms with Gasteiger partial charge in [-0.1, -0.05) is 20.8 Å². The van der Waals surface area contributed by atoms with Crippen LogP contribution in [0, 0.1) is 5.92 Å². The molecule has 1 saturated heterocycles. The Kier molecular flexibility index (Phi) is 12.7. The van der Waals surface area contributed by atoms with Crippen molar-refractivity contribution in [3.05, 3.63) is 0 Å². The molecular weight excluding hydrogens is 400 g/mol. The molecule has 2 N–H and O–H groups in total. The molecule has 0 aromatic heterocycles. The molecule has 0 aromatic carbocycles. The number of hydrogen-bond donors (Lipinski definition) is 1. The van der Waals surface area contributed by atoms with E-state index in [4.69, 9.17) is 15.2 Å². The van der Waals surface area contributed by atoms with Crippen LogP contribution in [0.3, 0.4) is 0 Å². The van der Waals surface area contributed by atoms with E-state index in [-0.39, 0.29) is 24.3 Å². The number of rotatable bonds is 14. The lowest BCUT2D eigenvalue weighted by molar-refractivity contribution is -0.149. The van der Waals surface area contributed by atoms with Gasteiger partial charge in [-0.05, 0) is 25.2 Å². The summed E-state index contributed by atoms with van der Waals surface area (Å²) in [6, 6.07) is -1.51. The number of primary amides is 1. The third kappa shape index (κ3) is 9.53. The molecule has 0 unspecified atom stereocenters. The largest absolute Gasteiger partial charge is 0.379 e. The van der Waals surface area contributed by atoms with Crippen LogP contribution in [0.15, 0.2) is 0 Å². The Morgan fingerprint density at radius 1 is 1.10 bits per heavy atom. The van der Waals surface area contributed by atoms with Gasteiger partial charge in [0.05, 0.1) is 19.8 Å². The van der Waals surface area contributed by atoms with Crippen LogP contribution in [0.1, 0.15) is 46.5 Å². The van der Waals surface area contributed by atoms with Gasteiger partial charge in [-0.15, -0.1) is 0 Å². The van der Waals surface area contributed by atoms with Crippen LogP contribution in [0.4, 0.5) is 0 Å². The van der Waals surface area contributed by atoms with Crippen molar-refractivity contribution in [1.29, 1.82) is 0 Å². The zero-order chi connectivity index (χ0) is 23.4. The lowest BCUT2D eigenvalue weighted by Gasteiger charge is -2.34. The second kappa shape index (κ2) is 14.4. The van der Waals surface area contributed by atoms with Gasteiger partial charge in [-0.3, -0.25) is 19.3 Å². The average Bonchev–Trinajstić information content (AvgIpc) is 2.73. The molecule has 1 heterocycles. The van der Waals surface area contributed by atoms with E-state index < -0.39 is 18.0 Å². The van der Waals surface area contributed by atoms with Crippen molar-refractivity contribution in [2.75, 3.05) is 60.2 Å². The van der Waals surface area contributed by atoms with E-state index >= 15 is 0 Å². The number of amides is 3. The van der Waals surface area contributed by atoms with Crippen LogP contribution < -0.4 is 5.73 Å². The molecule has 0 bridgehead atoms. The van der Waals surface area contributed by atoms with E-state index in [0.717, 1.165) is 39.3 Å². The van der Waals surface area contributed by atoms with Crippen molar-refractivity contribution in [3.8, 4) is 0 Å². The van der Waals surface area contributed by atoms with E-state index in [1.807, 2.05) is 20.8 Å². The van der Waals surface area contributed by atoms with Gasteiger partial charge >= 0.3 is 0 Å². The predicted molar refractivity (Wildman–Crippen MR) is 119 cm³/mol. The molecule has 0 aliphatic carbocycles. The van der Waals surface area contributed by atoms with Crippen LogP contribution in [0.2, 0.25) is 0 Å². The van der Waals surface area contributed by atoms with Crippen molar-refractivity contribution >= 4 is 17.7 Å². The third-order valence-corrected chi connectivity index (χ3v) is 5.59. The normalized spacial score (nSPS) is 16.7. The summed E-state index contributed by atoms with van der Waals surface area (Å²) in [6.45, 7) is 10.7. The Hall–Kier alpha value is -1.71. The molecule has 0 spiro atoms. The van der Waals surface area contributed by atoms with Crippen molar-refractivity contribution in [2.24, 2.45) is 11.7 Å². The molecule has 1 rings (SSSR count). The number of likely N-dealkylation sites (N-methyl/N-ethyl adjacent to an activating group) is 2. The molecule has 31 heavy (non-hydrogen) atoms. The molecule has 180 valence electrons. The number of carbonyl (C=O) groups is 3. The van der Waals surface area contributed by atoms with Gasteiger partial charge in [0.1, 0.15) is 12.1 Å². The highest BCUT2D eigenvalue weighted by Crippen LogP contribution is 2.14. The molecule has 0 radical (unpaired) electrons. The number of hydrogen-bond acceptors (Lipinski definition) is 6. The molecule has 1 aliphatic heterocycles. The highest BCUT2D eigenvalue weighted by atomic mass is 16.5. The van der Waals surface area contributed by atoms with E-state index in [9.17, 15) is 14.4 Å². The van der Waals surface area contributed by atoms with Gasteiger partial charge in [0.25, 0.3) is 0 Å². The van der Waals surface area contributed by atoms with E-state index in [1.165, 1.54) is 9.80 Å². The summed E-state index contributed by atoms with van der Waals surface area (Å²) >= 11 is 0. The highest BCUT2D eigenvalue weighted by molar-refractivity contribution is 5.91. The summed E-state index contributed by atoms with van der Waals surface area (Å²) in [6.07, 6.45) is 2.35. The van der Waals surface area contributed by atoms with Gasteiger partial charge in [0, 0.05) is 46.8 Å². The lowest BCUT2D eigenvalue weighted by Crippen LogP contribution is -2.55. The monoisotopic (exact) mass is 442 g/mol. The first-order valence-corrected chi connectivity index (χ1v) is 11.4. The van der Waals surface area contributed by atoms with E-state index in [1.54, 1.807) is 14.1 Å². The molecule has 0 saturated carbocycles. The average molecular weight is 443 g/mol. The fraction of sp³-hybridized carbons (Fsp3) is 0.864. The Morgan fingerprint density at radius 2 is 1.74 bits per heavy atom. The number of morpholine rings is 1. The number of ether oxygens (including phenoxy) is 2. The molecule has 0 aromatic rings. The van der Waals surface area contributed by atoms with Crippen molar-refractivity contribution in [1.82, 2.24) is 14.7 Å². The third-order valence-electron chi connectivity index (χ3n) is 5.59. The van der Waals surface area contributed by atoms with Crippen LogP contribution in [0.25, 0.3) is 0 Å². The number of nitrogens with two attached hydrogens (primary N) is 1. The van der Waals surface area contributed by atoms with E-state index in [0.29, 0.717) is 25.9 Å². The second-order valence-electron chi connectivity index (χ2n) is 8.65. The number of nitrogens with zero attached hydrogens (tertiary/aromatic N) is 3. The Bertz CT molecular complexity index is 566. The van der Waals surface area contributed by atoms with Crippen LogP contribution in [0.5, 0.6) is 0 Å². The SMILES string of the molecule is CCCC(=O)N(C)[C@H](COCCCN1CCOCC1)C(=O)N(C)[C@@H](CC(C)C)C(N)=O. The first-order chi connectivity index (χ1) is 14.7. The van der Waals surface area contributed by atoms with Gasteiger partial charge in [-0.25, -0.2) is 0 Å². The minimum atomic E-state index is -0.790. The predicted octanol–water partition coefficient (Wildman–Crippen LogP) is 0.711. The minimum absolute atomic E-state index is 0.0887. The molecular formula is C22H42N4O5. The lowest BCUT2D eigenvalue weighted by atomic mass is 10.0. The first kappa shape index (κ1) is 27.3. The smallest absolute Gasteiger partial charge is 0.248 e. The summed E-state index contributed by atoms with van der Waals surface area (Å²) in [4.78, 5) is 42.8. The summed E-state index contributed by atoms with van der Waals surface area (Å²) in [5.41, 5.74) is 5.56. The molecule has 9 nitrogen and oxygen atoms in total. The van der Waals surface area contributed by atoms with Gasteiger partial charge in [0.2, 0.25) is 17.7 Å². The molecule has 1 fully saturated rings. The van der Waals surface area contributed by atoms with Gasteiger partial charge in [0.15, 0.2) is 0 Å². The molecule has 3 amide bonds. The summed E-state index contributed by atoms with van der Waals surface area (Å²) in [5.74, 6) is -0.797. The maximum Gasteiger partial charge on any atom is 0.248 e. The fourth-order valence-electron chi connectivity index (χ4n) is 3.62. The minimum Gasteiger partial charge on any atom is -0.379 e. The Balaban J connectivity index is 2.73. The summed E-state index contributed by atoms with van der Waals surface area (Å²) in [7, 11) is 3.19. The zero-order valence-electron chi connectivity index (χ0n) is 20.0. The van der Waals surface area contributed by atoms with Crippen molar-refractivity contribution in [3.63, 3.8) is 0 Å². The van der Waals surface area contributed by atoms with Gasteiger partial charge < -0.3 is 25.0 Å². The molecule has 2 atom stereocenters. The van der Waals surface area contributed by atoms with Crippen LogP contribution in [-0.4, -0.2) is 105 Å². The highest BCUT2D eigenvalue weighted by Gasteiger charge is 2.34. The van der Waals surface area contributed by atoms with Crippen LogP contribution >= 0.6 is 0 Å². The topological polar surface area (TPSA) is 105 Å². The maximum absolute atomic E-state index is 13.3. The Morgan fingerprint density at radius 3 is 2.29 bits per heavy atom.